The quantitative estimate of drug-likeness (QED) is 0.872. The highest BCUT2D eigenvalue weighted by atomic mass is 16.4. The van der Waals surface area contributed by atoms with Crippen molar-refractivity contribution in [3.05, 3.63) is 35.7 Å². The number of nitrogens with zero attached hydrogens (tertiary/aromatic N) is 3. The predicted molar refractivity (Wildman–Crippen MR) is 68.4 cm³/mol. The molecular weight excluding hydrogens is 216 g/mol. The minimum atomic E-state index is 0.0765. The fourth-order valence-corrected chi connectivity index (χ4v) is 1.36. The molecule has 0 radical (unpaired) electrons. The number of benzene rings is 1. The zero-order valence-electron chi connectivity index (χ0n) is 9.79. The number of hydrogen-bond donors (Lipinski definition) is 1. The Morgan fingerprint density at radius 2 is 1.82 bits per heavy atom. The standard InChI is InChI=1S/C12H14N4O/c1-16(2)10-6-3-9(4-7-10)5-8-11-14-15-12(13)17-11/h3-8H,1-2H3,(H2,13,15)/b8-5+. The number of hydrogen-bond acceptors (Lipinski definition) is 5. The molecule has 0 aliphatic heterocycles. The molecule has 0 aliphatic rings. The molecule has 2 rings (SSSR count). The van der Waals surface area contributed by atoms with Gasteiger partial charge in [-0.3, -0.25) is 0 Å². The maximum atomic E-state index is 5.32. The lowest BCUT2D eigenvalue weighted by Crippen LogP contribution is -2.07. The Labute approximate surface area is 99.6 Å². The van der Waals surface area contributed by atoms with Crippen LogP contribution in [0, 0.1) is 0 Å². The summed E-state index contributed by atoms with van der Waals surface area (Å²) in [5, 5.41) is 7.31. The van der Waals surface area contributed by atoms with Crippen molar-refractivity contribution in [2.75, 3.05) is 24.7 Å². The van der Waals surface area contributed by atoms with E-state index in [1.807, 2.05) is 49.3 Å². The van der Waals surface area contributed by atoms with Gasteiger partial charge in [-0.15, -0.1) is 5.10 Å². The van der Waals surface area contributed by atoms with E-state index in [0.717, 1.165) is 11.3 Å². The molecule has 0 bridgehead atoms. The molecule has 1 aromatic carbocycles. The number of nitrogen functional groups attached to an aromatic ring is 1. The van der Waals surface area contributed by atoms with E-state index < -0.39 is 0 Å². The lowest BCUT2D eigenvalue weighted by molar-refractivity contribution is 0.563. The Morgan fingerprint density at radius 1 is 1.12 bits per heavy atom. The average molecular weight is 230 g/mol. The fourth-order valence-electron chi connectivity index (χ4n) is 1.36. The van der Waals surface area contributed by atoms with Crippen LogP contribution < -0.4 is 10.6 Å². The lowest BCUT2D eigenvalue weighted by Gasteiger charge is -2.11. The van der Waals surface area contributed by atoms with Crippen molar-refractivity contribution < 1.29 is 4.42 Å². The summed E-state index contributed by atoms with van der Waals surface area (Å²) in [7, 11) is 4.01. The van der Waals surface area contributed by atoms with Gasteiger partial charge in [0, 0.05) is 25.9 Å². The summed E-state index contributed by atoms with van der Waals surface area (Å²) in [6.07, 6.45) is 3.63. The molecule has 0 saturated carbocycles. The third kappa shape index (κ3) is 2.84. The van der Waals surface area contributed by atoms with Gasteiger partial charge in [0.1, 0.15) is 0 Å². The molecule has 0 aliphatic carbocycles. The Kier molecular flexibility index (Phi) is 3.09. The average Bonchev–Trinajstić information content (AvgIpc) is 2.73. The van der Waals surface area contributed by atoms with Crippen LogP contribution in [0.2, 0.25) is 0 Å². The van der Waals surface area contributed by atoms with Crippen molar-refractivity contribution in [2.24, 2.45) is 0 Å². The second-order valence-corrected chi connectivity index (χ2v) is 3.80. The minimum Gasteiger partial charge on any atom is -0.404 e. The highest BCUT2D eigenvalue weighted by molar-refractivity contribution is 5.67. The summed E-state index contributed by atoms with van der Waals surface area (Å²) in [5.41, 5.74) is 7.54. The first-order valence-corrected chi connectivity index (χ1v) is 5.19. The summed E-state index contributed by atoms with van der Waals surface area (Å²) in [4.78, 5) is 2.05. The van der Waals surface area contributed by atoms with E-state index in [0.29, 0.717) is 5.89 Å². The number of aromatic nitrogens is 2. The molecule has 1 aromatic heterocycles. The normalized spacial score (nSPS) is 10.9. The topological polar surface area (TPSA) is 68.2 Å². The van der Waals surface area contributed by atoms with Crippen LogP contribution in [-0.4, -0.2) is 24.3 Å². The molecule has 0 spiro atoms. The number of rotatable bonds is 3. The van der Waals surface area contributed by atoms with Crippen molar-refractivity contribution in [2.45, 2.75) is 0 Å². The van der Waals surface area contributed by atoms with E-state index in [1.54, 1.807) is 6.08 Å². The third-order valence-corrected chi connectivity index (χ3v) is 2.28. The zero-order valence-corrected chi connectivity index (χ0v) is 9.79. The second-order valence-electron chi connectivity index (χ2n) is 3.80. The van der Waals surface area contributed by atoms with Crippen molar-refractivity contribution in [3.63, 3.8) is 0 Å². The first-order valence-electron chi connectivity index (χ1n) is 5.19. The summed E-state index contributed by atoms with van der Waals surface area (Å²) in [5.74, 6) is 0.402. The zero-order chi connectivity index (χ0) is 12.3. The molecular formula is C12H14N4O. The molecule has 1 heterocycles. The molecule has 88 valence electrons. The summed E-state index contributed by atoms with van der Waals surface area (Å²) < 4.78 is 5.03. The van der Waals surface area contributed by atoms with Gasteiger partial charge in [0.25, 0.3) is 0 Å². The van der Waals surface area contributed by atoms with Gasteiger partial charge in [-0.05, 0) is 23.8 Å². The molecule has 5 heteroatoms. The van der Waals surface area contributed by atoms with Gasteiger partial charge in [-0.1, -0.05) is 17.2 Å². The van der Waals surface area contributed by atoms with Crippen LogP contribution >= 0.6 is 0 Å². The Morgan fingerprint density at radius 3 is 2.35 bits per heavy atom. The predicted octanol–water partition coefficient (Wildman–Crippen LogP) is 1.89. The summed E-state index contributed by atoms with van der Waals surface area (Å²) in [6, 6.07) is 8.20. The molecule has 0 amide bonds. The van der Waals surface area contributed by atoms with Gasteiger partial charge >= 0.3 is 6.01 Å². The second kappa shape index (κ2) is 4.69. The summed E-state index contributed by atoms with van der Waals surface area (Å²) in [6.45, 7) is 0. The maximum Gasteiger partial charge on any atom is 0.313 e. The van der Waals surface area contributed by atoms with Crippen molar-refractivity contribution in [1.82, 2.24) is 10.2 Å². The molecule has 0 fully saturated rings. The van der Waals surface area contributed by atoms with Crippen LogP contribution in [-0.2, 0) is 0 Å². The summed E-state index contributed by atoms with van der Waals surface area (Å²) >= 11 is 0. The highest BCUT2D eigenvalue weighted by Crippen LogP contribution is 2.14. The van der Waals surface area contributed by atoms with Gasteiger partial charge in [0.2, 0.25) is 5.89 Å². The number of anilines is 2. The van der Waals surface area contributed by atoms with E-state index >= 15 is 0 Å². The smallest absolute Gasteiger partial charge is 0.313 e. The Bertz CT molecular complexity index is 514. The van der Waals surface area contributed by atoms with E-state index in [1.165, 1.54) is 0 Å². The fraction of sp³-hybridized carbons (Fsp3) is 0.167. The van der Waals surface area contributed by atoms with E-state index in [2.05, 4.69) is 10.2 Å². The molecule has 17 heavy (non-hydrogen) atoms. The van der Waals surface area contributed by atoms with E-state index in [9.17, 15) is 0 Å². The highest BCUT2D eigenvalue weighted by Gasteiger charge is 1.97. The monoisotopic (exact) mass is 230 g/mol. The van der Waals surface area contributed by atoms with Crippen LogP contribution in [0.4, 0.5) is 11.7 Å². The van der Waals surface area contributed by atoms with Crippen molar-refractivity contribution in [3.8, 4) is 0 Å². The lowest BCUT2D eigenvalue weighted by atomic mass is 10.2. The van der Waals surface area contributed by atoms with Gasteiger partial charge in [-0.2, -0.15) is 0 Å². The SMILES string of the molecule is CN(C)c1ccc(/C=C/c2nnc(N)o2)cc1. The van der Waals surface area contributed by atoms with Crippen LogP contribution in [0.1, 0.15) is 11.5 Å². The van der Waals surface area contributed by atoms with Crippen LogP contribution in [0.15, 0.2) is 28.7 Å². The third-order valence-electron chi connectivity index (χ3n) is 2.28. The van der Waals surface area contributed by atoms with Crippen LogP contribution in [0.3, 0.4) is 0 Å². The van der Waals surface area contributed by atoms with Gasteiger partial charge in [0.15, 0.2) is 0 Å². The largest absolute Gasteiger partial charge is 0.404 e. The number of nitrogens with two attached hydrogens (primary N) is 1. The molecule has 2 N–H and O–H groups in total. The first kappa shape index (κ1) is 11.2. The Balaban J connectivity index is 2.11. The van der Waals surface area contributed by atoms with Crippen molar-refractivity contribution in [1.29, 1.82) is 0 Å². The van der Waals surface area contributed by atoms with Gasteiger partial charge in [-0.25, -0.2) is 0 Å². The van der Waals surface area contributed by atoms with Gasteiger partial charge < -0.3 is 15.1 Å². The molecule has 0 unspecified atom stereocenters. The van der Waals surface area contributed by atoms with Crippen LogP contribution in [0.5, 0.6) is 0 Å². The minimum absolute atomic E-state index is 0.0765. The molecule has 5 nitrogen and oxygen atoms in total. The molecule has 0 saturated heterocycles. The van der Waals surface area contributed by atoms with Gasteiger partial charge in [0.05, 0.1) is 0 Å². The molecule has 0 atom stereocenters. The van der Waals surface area contributed by atoms with Crippen LogP contribution in [0.25, 0.3) is 12.2 Å². The van der Waals surface area contributed by atoms with Crippen molar-refractivity contribution >= 4 is 23.9 Å². The molecule has 2 aromatic rings. The Hall–Kier alpha value is -2.30. The maximum absolute atomic E-state index is 5.32. The van der Waals surface area contributed by atoms with E-state index in [-0.39, 0.29) is 6.01 Å². The first-order chi connectivity index (χ1) is 8.15. The van der Waals surface area contributed by atoms with E-state index in [4.69, 9.17) is 10.2 Å².